The second kappa shape index (κ2) is 5.88. The molecule has 0 amide bonds. The number of rotatable bonds is 5. The molecule has 0 fully saturated rings. The topological polar surface area (TPSA) is 43.4 Å². The molecule has 0 aliphatic rings. The fraction of sp³-hybridized carbons (Fsp3) is 0.455. The van der Waals surface area contributed by atoms with E-state index in [1.807, 2.05) is 38.1 Å². The van der Waals surface area contributed by atoms with Crippen molar-refractivity contribution in [1.29, 1.82) is 0 Å². The fourth-order valence-electron chi connectivity index (χ4n) is 1.30. The van der Waals surface area contributed by atoms with Crippen LogP contribution in [0.2, 0.25) is 0 Å². The second-order valence-electron chi connectivity index (χ2n) is 3.51. The van der Waals surface area contributed by atoms with Crippen LogP contribution in [-0.2, 0) is 11.3 Å². The number of unbranched alkanes of at least 4 members (excludes halogenated alkanes) is 1. The minimum Gasteiger partial charge on any atom is -0.755 e. The maximum Gasteiger partial charge on any atom is 0.0482 e. The summed E-state index contributed by atoms with van der Waals surface area (Å²) < 4.78 is 23.4. The minimum absolute atomic E-state index is 0.551. The minimum atomic E-state index is -2.18. The molecule has 84 valence electrons. The van der Waals surface area contributed by atoms with E-state index in [-0.39, 0.29) is 0 Å². The number of benzene rings is 1. The SMILES string of the molecule is CCCCN(c1ccc(C)cc1)S(=O)[O-]. The van der Waals surface area contributed by atoms with Gasteiger partial charge in [0.25, 0.3) is 0 Å². The van der Waals surface area contributed by atoms with Gasteiger partial charge in [0.2, 0.25) is 0 Å². The van der Waals surface area contributed by atoms with Crippen LogP contribution in [0.4, 0.5) is 5.69 Å². The summed E-state index contributed by atoms with van der Waals surface area (Å²) in [6.07, 6.45) is 1.86. The van der Waals surface area contributed by atoms with E-state index in [0.29, 0.717) is 6.54 Å². The number of nitrogens with zero attached hydrogens (tertiary/aromatic N) is 1. The maximum absolute atomic E-state index is 11.0. The monoisotopic (exact) mass is 226 g/mol. The van der Waals surface area contributed by atoms with E-state index in [1.54, 1.807) is 0 Å². The van der Waals surface area contributed by atoms with E-state index in [4.69, 9.17) is 0 Å². The quantitative estimate of drug-likeness (QED) is 0.723. The average molecular weight is 226 g/mol. The van der Waals surface area contributed by atoms with E-state index in [1.165, 1.54) is 4.31 Å². The van der Waals surface area contributed by atoms with Crippen molar-refractivity contribution in [2.24, 2.45) is 0 Å². The van der Waals surface area contributed by atoms with Gasteiger partial charge in [0.05, 0.1) is 0 Å². The fourth-order valence-corrected chi connectivity index (χ4v) is 1.87. The van der Waals surface area contributed by atoms with Crippen LogP contribution < -0.4 is 4.31 Å². The Morgan fingerprint density at radius 1 is 1.33 bits per heavy atom. The number of anilines is 1. The van der Waals surface area contributed by atoms with Crippen LogP contribution in [-0.4, -0.2) is 15.3 Å². The van der Waals surface area contributed by atoms with Crippen molar-refractivity contribution < 1.29 is 8.76 Å². The highest BCUT2D eigenvalue weighted by atomic mass is 32.2. The molecule has 1 atom stereocenters. The van der Waals surface area contributed by atoms with Gasteiger partial charge >= 0.3 is 0 Å². The Morgan fingerprint density at radius 2 is 1.93 bits per heavy atom. The first-order valence-corrected chi connectivity index (χ1v) is 6.12. The molecule has 1 unspecified atom stereocenters. The van der Waals surface area contributed by atoms with Crippen molar-refractivity contribution in [3.8, 4) is 0 Å². The second-order valence-corrected chi connectivity index (χ2v) is 4.38. The Morgan fingerprint density at radius 3 is 2.40 bits per heavy atom. The average Bonchev–Trinajstić information content (AvgIpc) is 2.21. The Balaban J connectivity index is 2.79. The van der Waals surface area contributed by atoms with Crippen molar-refractivity contribution >= 4 is 17.0 Å². The molecule has 0 heterocycles. The normalized spacial score (nSPS) is 12.5. The smallest absolute Gasteiger partial charge is 0.0482 e. The summed E-state index contributed by atoms with van der Waals surface area (Å²) in [5.74, 6) is 0. The molecule has 0 N–H and O–H groups in total. The molecule has 0 bridgehead atoms. The predicted molar refractivity (Wildman–Crippen MR) is 62.4 cm³/mol. The van der Waals surface area contributed by atoms with Crippen LogP contribution >= 0.6 is 0 Å². The van der Waals surface area contributed by atoms with Gasteiger partial charge in [-0.1, -0.05) is 31.0 Å². The first kappa shape index (κ1) is 12.2. The molecule has 15 heavy (non-hydrogen) atoms. The largest absolute Gasteiger partial charge is 0.755 e. The lowest BCUT2D eigenvalue weighted by Crippen LogP contribution is -2.26. The van der Waals surface area contributed by atoms with E-state index < -0.39 is 11.3 Å². The van der Waals surface area contributed by atoms with Gasteiger partial charge in [-0.05, 0) is 25.5 Å². The Kier molecular flexibility index (Phi) is 4.78. The summed E-state index contributed by atoms with van der Waals surface area (Å²) in [6, 6.07) is 7.50. The lowest BCUT2D eigenvalue weighted by Gasteiger charge is -2.26. The van der Waals surface area contributed by atoms with Crippen LogP contribution in [0.1, 0.15) is 25.3 Å². The Labute approximate surface area is 93.5 Å². The van der Waals surface area contributed by atoms with Crippen molar-refractivity contribution in [2.75, 3.05) is 10.8 Å². The van der Waals surface area contributed by atoms with Crippen LogP contribution in [0.3, 0.4) is 0 Å². The van der Waals surface area contributed by atoms with Gasteiger partial charge in [-0.15, -0.1) is 0 Å². The Bertz CT molecular complexity index is 324. The third-order valence-corrected chi connectivity index (χ3v) is 2.97. The van der Waals surface area contributed by atoms with Gasteiger partial charge in [-0.25, -0.2) is 0 Å². The van der Waals surface area contributed by atoms with E-state index >= 15 is 0 Å². The Hall–Kier alpha value is -0.870. The highest BCUT2D eigenvalue weighted by molar-refractivity contribution is 7.80. The molecule has 3 nitrogen and oxygen atoms in total. The van der Waals surface area contributed by atoms with Crippen LogP contribution in [0.25, 0.3) is 0 Å². The van der Waals surface area contributed by atoms with Gasteiger partial charge in [0.15, 0.2) is 0 Å². The van der Waals surface area contributed by atoms with Crippen molar-refractivity contribution in [2.45, 2.75) is 26.7 Å². The van der Waals surface area contributed by atoms with Gasteiger partial charge in [0.1, 0.15) is 0 Å². The summed E-state index contributed by atoms with van der Waals surface area (Å²) >= 11 is -2.18. The zero-order chi connectivity index (χ0) is 11.3. The lowest BCUT2D eigenvalue weighted by molar-refractivity contribution is 0.530. The molecule has 0 aliphatic heterocycles. The van der Waals surface area contributed by atoms with Crippen molar-refractivity contribution in [3.05, 3.63) is 29.8 Å². The zero-order valence-electron chi connectivity index (χ0n) is 9.10. The van der Waals surface area contributed by atoms with Gasteiger partial charge < -0.3 is 8.86 Å². The van der Waals surface area contributed by atoms with Gasteiger partial charge in [-0.3, -0.25) is 4.21 Å². The molecule has 0 saturated heterocycles. The number of hydrogen-bond donors (Lipinski definition) is 0. The molecule has 0 spiro atoms. The maximum atomic E-state index is 11.0. The van der Waals surface area contributed by atoms with Crippen molar-refractivity contribution in [1.82, 2.24) is 0 Å². The first-order chi connectivity index (χ1) is 7.15. The molecular weight excluding hydrogens is 210 g/mol. The molecule has 4 heteroatoms. The first-order valence-electron chi connectivity index (χ1n) is 5.08. The van der Waals surface area contributed by atoms with Crippen molar-refractivity contribution in [3.63, 3.8) is 0 Å². The summed E-state index contributed by atoms with van der Waals surface area (Å²) in [7, 11) is 0. The summed E-state index contributed by atoms with van der Waals surface area (Å²) in [4.78, 5) is 0. The molecular formula is C11H16NO2S-. The van der Waals surface area contributed by atoms with Gasteiger partial charge in [-0.2, -0.15) is 0 Å². The molecule has 1 rings (SSSR count). The zero-order valence-corrected chi connectivity index (χ0v) is 9.92. The molecule has 1 aromatic carbocycles. The molecule has 0 saturated carbocycles. The summed E-state index contributed by atoms with van der Waals surface area (Å²) in [5, 5.41) is 0. The summed E-state index contributed by atoms with van der Waals surface area (Å²) in [6.45, 7) is 4.57. The van der Waals surface area contributed by atoms with E-state index in [0.717, 1.165) is 24.1 Å². The number of hydrogen-bond acceptors (Lipinski definition) is 2. The third kappa shape index (κ3) is 3.64. The van der Waals surface area contributed by atoms with Gasteiger partial charge in [0, 0.05) is 23.5 Å². The predicted octanol–water partition coefficient (Wildman–Crippen LogP) is 2.40. The van der Waals surface area contributed by atoms with Crippen LogP contribution in [0.5, 0.6) is 0 Å². The highest BCUT2D eigenvalue weighted by Gasteiger charge is 2.05. The standard InChI is InChI=1S/C11H17NO2S/c1-3-4-9-12(15(13)14)11-7-5-10(2)6-8-11/h5-8H,3-4,9H2,1-2H3,(H,13,14)/p-1. The lowest BCUT2D eigenvalue weighted by atomic mass is 10.2. The van der Waals surface area contributed by atoms with E-state index in [9.17, 15) is 8.76 Å². The molecule has 0 aromatic heterocycles. The third-order valence-electron chi connectivity index (χ3n) is 2.22. The van der Waals surface area contributed by atoms with Crippen LogP contribution in [0, 0.1) is 6.92 Å². The number of aryl methyl sites for hydroxylation is 1. The summed E-state index contributed by atoms with van der Waals surface area (Å²) in [5.41, 5.74) is 1.87. The van der Waals surface area contributed by atoms with Crippen LogP contribution in [0.15, 0.2) is 24.3 Å². The highest BCUT2D eigenvalue weighted by Crippen LogP contribution is 2.16. The molecule has 0 radical (unpaired) electrons. The van der Waals surface area contributed by atoms with E-state index in [2.05, 4.69) is 0 Å². The molecule has 0 aliphatic carbocycles. The molecule has 1 aromatic rings.